The highest BCUT2D eigenvalue weighted by Crippen LogP contribution is 2.35. The quantitative estimate of drug-likeness (QED) is 0.650. The minimum Gasteiger partial charge on any atom is -0.321 e. The van der Waals surface area contributed by atoms with Gasteiger partial charge in [0.15, 0.2) is 10.9 Å². The van der Waals surface area contributed by atoms with Crippen LogP contribution in [-0.2, 0) is 0 Å². The summed E-state index contributed by atoms with van der Waals surface area (Å²) in [5, 5.41) is 0.815. The van der Waals surface area contributed by atoms with Crippen LogP contribution in [0.2, 0.25) is 0 Å². The number of anilines is 2. The van der Waals surface area contributed by atoms with Crippen molar-refractivity contribution in [2.75, 3.05) is 11.9 Å². The predicted octanol–water partition coefficient (Wildman–Crippen LogP) is 4.78. The number of aromatic nitrogens is 1. The van der Waals surface area contributed by atoms with Gasteiger partial charge in [0.1, 0.15) is 0 Å². The standard InChI is InChI=1S/C18H16N2OS/c1-13(21)17-16(14-9-5-3-6-10-14)19-18(22-17)20(2)15-11-7-4-8-12-15/h3-12H,1-2H3. The molecule has 0 saturated heterocycles. The molecule has 2 aromatic carbocycles. The summed E-state index contributed by atoms with van der Waals surface area (Å²) in [6.07, 6.45) is 0. The van der Waals surface area contributed by atoms with E-state index in [0.717, 1.165) is 22.1 Å². The van der Waals surface area contributed by atoms with Crippen LogP contribution in [0.15, 0.2) is 60.7 Å². The van der Waals surface area contributed by atoms with E-state index in [4.69, 9.17) is 4.98 Å². The van der Waals surface area contributed by atoms with Crippen LogP contribution in [0.3, 0.4) is 0 Å². The fourth-order valence-corrected chi connectivity index (χ4v) is 3.21. The Balaban J connectivity index is 2.06. The van der Waals surface area contributed by atoms with Gasteiger partial charge in [0.25, 0.3) is 0 Å². The molecule has 0 bridgehead atoms. The average Bonchev–Trinajstić information content (AvgIpc) is 3.01. The van der Waals surface area contributed by atoms with Crippen molar-refractivity contribution in [2.24, 2.45) is 0 Å². The lowest BCUT2D eigenvalue weighted by molar-refractivity contribution is 0.102. The maximum atomic E-state index is 12.0. The van der Waals surface area contributed by atoms with Crippen LogP contribution in [0, 0.1) is 0 Å². The van der Waals surface area contributed by atoms with E-state index >= 15 is 0 Å². The Morgan fingerprint density at radius 3 is 2.18 bits per heavy atom. The number of hydrogen-bond acceptors (Lipinski definition) is 4. The second kappa shape index (κ2) is 6.12. The summed E-state index contributed by atoms with van der Waals surface area (Å²) in [5.74, 6) is 0.0454. The van der Waals surface area contributed by atoms with Crippen LogP contribution in [0.5, 0.6) is 0 Å². The van der Waals surface area contributed by atoms with Crippen LogP contribution in [0.1, 0.15) is 16.6 Å². The topological polar surface area (TPSA) is 33.2 Å². The molecular weight excluding hydrogens is 292 g/mol. The average molecular weight is 308 g/mol. The van der Waals surface area contributed by atoms with Crippen LogP contribution >= 0.6 is 11.3 Å². The molecule has 0 spiro atoms. The monoisotopic (exact) mass is 308 g/mol. The van der Waals surface area contributed by atoms with Crippen LogP contribution in [0.25, 0.3) is 11.3 Å². The molecule has 0 radical (unpaired) electrons. The molecular formula is C18H16N2OS. The molecule has 22 heavy (non-hydrogen) atoms. The highest BCUT2D eigenvalue weighted by Gasteiger charge is 2.19. The number of thiazole rings is 1. The first-order valence-corrected chi connectivity index (χ1v) is 7.84. The molecule has 3 aromatic rings. The van der Waals surface area contributed by atoms with Gasteiger partial charge in [-0.15, -0.1) is 0 Å². The van der Waals surface area contributed by atoms with Gasteiger partial charge in [0, 0.05) is 25.2 Å². The molecule has 0 aliphatic heterocycles. The summed E-state index contributed by atoms with van der Waals surface area (Å²) in [5.41, 5.74) is 2.78. The first-order chi connectivity index (χ1) is 10.7. The van der Waals surface area contributed by atoms with Gasteiger partial charge in [0.2, 0.25) is 0 Å². The third-order valence-electron chi connectivity index (χ3n) is 3.41. The van der Waals surface area contributed by atoms with E-state index < -0.39 is 0 Å². The summed E-state index contributed by atoms with van der Waals surface area (Å²) in [7, 11) is 1.97. The Labute approximate surface area is 133 Å². The molecule has 1 aromatic heterocycles. The van der Waals surface area contributed by atoms with E-state index in [1.54, 1.807) is 6.92 Å². The van der Waals surface area contributed by atoms with Crippen LogP contribution < -0.4 is 4.90 Å². The summed E-state index contributed by atoms with van der Waals surface area (Å²) < 4.78 is 0. The van der Waals surface area contributed by atoms with Gasteiger partial charge in [0.05, 0.1) is 10.6 Å². The Morgan fingerprint density at radius 2 is 1.59 bits per heavy atom. The van der Waals surface area contributed by atoms with Crippen molar-refractivity contribution in [2.45, 2.75) is 6.92 Å². The molecule has 110 valence electrons. The van der Waals surface area contributed by atoms with Crippen molar-refractivity contribution >= 4 is 27.9 Å². The van der Waals surface area contributed by atoms with Gasteiger partial charge >= 0.3 is 0 Å². The maximum absolute atomic E-state index is 12.0. The number of Topliss-reactive ketones (excluding diaryl/α,β-unsaturated/α-hetero) is 1. The fourth-order valence-electron chi connectivity index (χ4n) is 2.24. The molecule has 0 aliphatic rings. The molecule has 3 nitrogen and oxygen atoms in total. The summed E-state index contributed by atoms with van der Waals surface area (Å²) in [6, 6.07) is 19.8. The van der Waals surface area contributed by atoms with E-state index in [0.29, 0.717) is 4.88 Å². The molecule has 0 aliphatic carbocycles. The summed E-state index contributed by atoms with van der Waals surface area (Å²) in [6.45, 7) is 1.59. The summed E-state index contributed by atoms with van der Waals surface area (Å²) in [4.78, 5) is 19.4. The van der Waals surface area contributed by atoms with E-state index in [2.05, 4.69) is 0 Å². The van der Waals surface area contributed by atoms with Crippen molar-refractivity contribution in [1.82, 2.24) is 4.98 Å². The number of benzene rings is 2. The van der Waals surface area contributed by atoms with Crippen LogP contribution in [-0.4, -0.2) is 17.8 Å². The highest BCUT2D eigenvalue weighted by atomic mass is 32.1. The van der Waals surface area contributed by atoms with E-state index in [1.807, 2.05) is 72.6 Å². The fraction of sp³-hybridized carbons (Fsp3) is 0.111. The zero-order chi connectivity index (χ0) is 15.5. The van der Waals surface area contributed by atoms with E-state index in [1.165, 1.54) is 11.3 Å². The first kappa shape index (κ1) is 14.5. The molecule has 0 fully saturated rings. The second-order valence-corrected chi connectivity index (χ2v) is 5.97. The molecule has 0 saturated carbocycles. The smallest absolute Gasteiger partial charge is 0.190 e. The molecule has 1 heterocycles. The van der Waals surface area contributed by atoms with Crippen molar-refractivity contribution in [1.29, 1.82) is 0 Å². The molecule has 0 unspecified atom stereocenters. The Kier molecular flexibility index (Phi) is 4.02. The normalized spacial score (nSPS) is 10.5. The summed E-state index contributed by atoms with van der Waals surface area (Å²) >= 11 is 1.43. The number of carbonyl (C=O) groups excluding carboxylic acids is 1. The Hall–Kier alpha value is -2.46. The van der Waals surface area contributed by atoms with Crippen molar-refractivity contribution in [3.63, 3.8) is 0 Å². The number of nitrogens with zero attached hydrogens (tertiary/aromatic N) is 2. The third kappa shape index (κ3) is 2.78. The largest absolute Gasteiger partial charge is 0.321 e. The Morgan fingerprint density at radius 1 is 1.00 bits per heavy atom. The molecule has 4 heteroatoms. The SMILES string of the molecule is CC(=O)c1sc(N(C)c2ccccc2)nc1-c1ccccc1. The lowest BCUT2D eigenvalue weighted by Gasteiger charge is -2.15. The number of carbonyl (C=O) groups is 1. The molecule has 0 N–H and O–H groups in total. The lowest BCUT2D eigenvalue weighted by atomic mass is 10.1. The lowest BCUT2D eigenvalue weighted by Crippen LogP contribution is -2.08. The number of hydrogen-bond donors (Lipinski definition) is 0. The molecule has 0 amide bonds. The van der Waals surface area contributed by atoms with E-state index in [-0.39, 0.29) is 5.78 Å². The Bertz CT molecular complexity index is 781. The van der Waals surface area contributed by atoms with Crippen molar-refractivity contribution in [3.8, 4) is 11.3 Å². The minimum atomic E-state index is 0.0454. The minimum absolute atomic E-state index is 0.0454. The van der Waals surface area contributed by atoms with E-state index in [9.17, 15) is 4.79 Å². The third-order valence-corrected chi connectivity index (χ3v) is 4.65. The van der Waals surface area contributed by atoms with Crippen molar-refractivity contribution in [3.05, 3.63) is 65.5 Å². The van der Waals surface area contributed by atoms with Crippen LogP contribution in [0.4, 0.5) is 10.8 Å². The zero-order valence-corrected chi connectivity index (χ0v) is 13.3. The number of ketones is 1. The van der Waals surface area contributed by atoms with Gasteiger partial charge < -0.3 is 4.90 Å². The van der Waals surface area contributed by atoms with Gasteiger partial charge in [-0.2, -0.15) is 0 Å². The van der Waals surface area contributed by atoms with Gasteiger partial charge in [-0.1, -0.05) is 59.9 Å². The van der Waals surface area contributed by atoms with Gasteiger partial charge in [-0.05, 0) is 12.1 Å². The molecule has 3 rings (SSSR count). The second-order valence-electron chi connectivity index (χ2n) is 4.99. The number of rotatable bonds is 4. The van der Waals surface area contributed by atoms with Gasteiger partial charge in [-0.25, -0.2) is 4.98 Å². The van der Waals surface area contributed by atoms with Crippen molar-refractivity contribution < 1.29 is 4.79 Å². The first-order valence-electron chi connectivity index (χ1n) is 7.03. The number of para-hydroxylation sites is 1. The highest BCUT2D eigenvalue weighted by molar-refractivity contribution is 7.18. The zero-order valence-electron chi connectivity index (χ0n) is 12.5. The molecule has 0 atom stereocenters. The van der Waals surface area contributed by atoms with Gasteiger partial charge in [-0.3, -0.25) is 4.79 Å². The predicted molar refractivity (Wildman–Crippen MR) is 92.1 cm³/mol. The maximum Gasteiger partial charge on any atom is 0.190 e.